The van der Waals surface area contributed by atoms with Gasteiger partial charge in [-0.15, -0.1) is 0 Å². The van der Waals surface area contributed by atoms with Gasteiger partial charge in [0.25, 0.3) is 0 Å². The SMILES string of the molecule is CN1CCN(C(=O)CCNS(=O)(=O)c2ccc(Br)cc2)C(c2ccccc2)C1. The van der Waals surface area contributed by atoms with Crippen LogP contribution in [-0.2, 0) is 14.8 Å². The molecule has 150 valence electrons. The summed E-state index contributed by atoms with van der Waals surface area (Å²) in [7, 11) is -1.58. The molecule has 2 aromatic rings. The second-order valence-corrected chi connectivity index (χ2v) is 9.56. The third kappa shape index (κ3) is 5.20. The first-order chi connectivity index (χ1) is 13.4. The summed E-state index contributed by atoms with van der Waals surface area (Å²) in [5.41, 5.74) is 1.10. The number of carbonyl (C=O) groups excluding carboxylic acids is 1. The molecule has 1 atom stereocenters. The highest BCUT2D eigenvalue weighted by Gasteiger charge is 2.30. The van der Waals surface area contributed by atoms with Crippen LogP contribution in [0, 0.1) is 0 Å². The van der Waals surface area contributed by atoms with Crippen molar-refractivity contribution < 1.29 is 13.2 Å². The van der Waals surface area contributed by atoms with E-state index in [0.717, 1.165) is 23.1 Å². The maximum Gasteiger partial charge on any atom is 0.240 e. The summed E-state index contributed by atoms with van der Waals surface area (Å²) >= 11 is 3.29. The fourth-order valence-corrected chi connectivity index (χ4v) is 4.61. The molecular formula is C20H24BrN3O3S. The molecule has 1 aliphatic heterocycles. The van der Waals surface area contributed by atoms with E-state index in [1.807, 2.05) is 42.3 Å². The Morgan fingerprint density at radius 2 is 1.79 bits per heavy atom. The van der Waals surface area contributed by atoms with E-state index in [0.29, 0.717) is 6.54 Å². The van der Waals surface area contributed by atoms with Gasteiger partial charge in [-0.1, -0.05) is 46.3 Å². The van der Waals surface area contributed by atoms with Gasteiger partial charge in [-0.2, -0.15) is 0 Å². The summed E-state index contributed by atoms with van der Waals surface area (Å²) in [6.07, 6.45) is 0.128. The van der Waals surface area contributed by atoms with E-state index < -0.39 is 10.0 Å². The Bertz CT molecular complexity index is 904. The molecule has 0 aromatic heterocycles. The van der Waals surface area contributed by atoms with E-state index in [-0.39, 0.29) is 29.8 Å². The number of hydrogen-bond donors (Lipinski definition) is 1. The van der Waals surface area contributed by atoms with Crippen molar-refractivity contribution in [2.75, 3.05) is 33.2 Å². The van der Waals surface area contributed by atoms with Crippen molar-refractivity contribution in [3.63, 3.8) is 0 Å². The van der Waals surface area contributed by atoms with Gasteiger partial charge in [-0.3, -0.25) is 4.79 Å². The van der Waals surface area contributed by atoms with Crippen LogP contribution in [0.1, 0.15) is 18.0 Å². The molecular weight excluding hydrogens is 442 g/mol. The summed E-state index contributed by atoms with van der Waals surface area (Å²) in [5.74, 6) is -0.0412. The first kappa shape index (κ1) is 21.0. The number of hydrogen-bond acceptors (Lipinski definition) is 4. The van der Waals surface area contributed by atoms with Crippen LogP contribution >= 0.6 is 15.9 Å². The number of nitrogens with one attached hydrogen (secondary N) is 1. The monoisotopic (exact) mass is 465 g/mol. The highest BCUT2D eigenvalue weighted by atomic mass is 79.9. The number of benzene rings is 2. The Kier molecular flexibility index (Phi) is 6.87. The van der Waals surface area contributed by atoms with Gasteiger partial charge < -0.3 is 9.80 Å². The molecule has 6 nitrogen and oxygen atoms in total. The number of halogens is 1. The highest BCUT2D eigenvalue weighted by molar-refractivity contribution is 9.10. The van der Waals surface area contributed by atoms with Crippen molar-refractivity contribution in [2.45, 2.75) is 17.4 Å². The lowest BCUT2D eigenvalue weighted by atomic mass is 10.0. The molecule has 0 spiro atoms. The van der Waals surface area contributed by atoms with Gasteiger partial charge in [-0.25, -0.2) is 13.1 Å². The standard InChI is InChI=1S/C20H24BrN3O3S/c1-23-13-14-24(19(15-23)16-5-3-2-4-6-16)20(25)11-12-22-28(26,27)18-9-7-17(21)8-10-18/h2-10,19,22H,11-15H2,1H3. The molecule has 1 fully saturated rings. The van der Waals surface area contributed by atoms with Gasteiger partial charge in [-0.05, 0) is 36.9 Å². The third-order valence-electron chi connectivity index (χ3n) is 4.84. The predicted molar refractivity (Wildman–Crippen MR) is 112 cm³/mol. The van der Waals surface area contributed by atoms with Crippen LogP contribution < -0.4 is 4.72 Å². The minimum Gasteiger partial charge on any atom is -0.333 e. The fourth-order valence-electron chi connectivity index (χ4n) is 3.31. The topological polar surface area (TPSA) is 69.7 Å². The molecule has 0 radical (unpaired) electrons. The minimum absolute atomic E-state index is 0.0180. The highest BCUT2D eigenvalue weighted by Crippen LogP contribution is 2.25. The van der Waals surface area contributed by atoms with Crippen LogP contribution in [0.4, 0.5) is 0 Å². The number of nitrogens with zero attached hydrogens (tertiary/aromatic N) is 2. The molecule has 8 heteroatoms. The van der Waals surface area contributed by atoms with Gasteiger partial charge in [0.2, 0.25) is 15.9 Å². The van der Waals surface area contributed by atoms with Crippen LogP contribution in [-0.4, -0.2) is 57.4 Å². The molecule has 1 aliphatic rings. The Morgan fingerprint density at radius 1 is 1.11 bits per heavy atom. The van der Waals surface area contributed by atoms with Crippen molar-refractivity contribution in [3.8, 4) is 0 Å². The van der Waals surface area contributed by atoms with Crippen LogP contribution in [0.3, 0.4) is 0 Å². The Labute approximate surface area is 174 Å². The quantitative estimate of drug-likeness (QED) is 0.711. The molecule has 0 bridgehead atoms. The van der Waals surface area contributed by atoms with Gasteiger partial charge in [0.1, 0.15) is 0 Å². The van der Waals surface area contributed by atoms with Crippen molar-refractivity contribution >= 4 is 31.9 Å². The molecule has 2 aromatic carbocycles. The third-order valence-corrected chi connectivity index (χ3v) is 6.85. The van der Waals surface area contributed by atoms with Gasteiger partial charge >= 0.3 is 0 Å². The maximum atomic E-state index is 12.8. The predicted octanol–water partition coefficient (Wildman–Crippen LogP) is 2.63. The van der Waals surface area contributed by atoms with Crippen molar-refractivity contribution in [3.05, 3.63) is 64.6 Å². The Morgan fingerprint density at radius 3 is 2.46 bits per heavy atom. The van der Waals surface area contributed by atoms with Crippen molar-refractivity contribution in [1.82, 2.24) is 14.5 Å². The van der Waals surface area contributed by atoms with Gasteiger partial charge in [0.05, 0.1) is 10.9 Å². The molecule has 1 amide bonds. The van der Waals surface area contributed by atoms with E-state index in [1.165, 1.54) is 12.1 Å². The lowest BCUT2D eigenvalue weighted by Crippen LogP contribution is -2.49. The van der Waals surface area contributed by atoms with E-state index in [2.05, 4.69) is 25.6 Å². The summed E-state index contributed by atoms with van der Waals surface area (Å²) in [5, 5.41) is 0. The molecule has 1 N–H and O–H groups in total. The lowest BCUT2D eigenvalue weighted by Gasteiger charge is -2.40. The molecule has 3 rings (SSSR count). The van der Waals surface area contributed by atoms with Crippen LogP contribution in [0.15, 0.2) is 64.0 Å². The zero-order valence-electron chi connectivity index (χ0n) is 15.7. The Hall–Kier alpha value is -1.74. The fraction of sp³-hybridized carbons (Fsp3) is 0.350. The zero-order chi connectivity index (χ0) is 20.1. The largest absolute Gasteiger partial charge is 0.333 e. The average Bonchev–Trinajstić information content (AvgIpc) is 2.68. The first-order valence-electron chi connectivity index (χ1n) is 9.15. The summed E-state index contributed by atoms with van der Waals surface area (Å²) in [6.45, 7) is 2.28. The molecule has 1 unspecified atom stereocenters. The number of rotatable bonds is 6. The lowest BCUT2D eigenvalue weighted by molar-refractivity contribution is -0.136. The summed E-state index contributed by atoms with van der Waals surface area (Å²) < 4.78 is 28.1. The maximum absolute atomic E-state index is 12.8. The number of likely N-dealkylation sites (N-methyl/N-ethyl adjacent to an activating group) is 1. The molecule has 1 heterocycles. The Balaban J connectivity index is 1.62. The molecule has 1 saturated heterocycles. The van der Waals surface area contributed by atoms with Crippen LogP contribution in [0.5, 0.6) is 0 Å². The smallest absolute Gasteiger partial charge is 0.240 e. The average molecular weight is 466 g/mol. The number of carbonyl (C=O) groups is 1. The first-order valence-corrected chi connectivity index (χ1v) is 11.4. The second kappa shape index (κ2) is 9.17. The number of amides is 1. The molecule has 0 aliphatic carbocycles. The summed E-state index contributed by atoms with van der Waals surface area (Å²) in [4.78, 5) is 17.1. The molecule has 0 saturated carbocycles. The van der Waals surface area contributed by atoms with Crippen LogP contribution in [0.2, 0.25) is 0 Å². The van der Waals surface area contributed by atoms with Crippen molar-refractivity contribution in [2.24, 2.45) is 0 Å². The van der Waals surface area contributed by atoms with Gasteiger partial charge in [0.15, 0.2) is 0 Å². The van der Waals surface area contributed by atoms with Crippen LogP contribution in [0.25, 0.3) is 0 Å². The second-order valence-electron chi connectivity index (χ2n) is 6.88. The number of sulfonamides is 1. The van der Waals surface area contributed by atoms with E-state index in [4.69, 9.17) is 0 Å². The zero-order valence-corrected chi connectivity index (χ0v) is 18.1. The summed E-state index contributed by atoms with van der Waals surface area (Å²) in [6, 6.07) is 16.3. The van der Waals surface area contributed by atoms with Gasteiger partial charge in [0, 0.05) is 37.1 Å². The molecule has 28 heavy (non-hydrogen) atoms. The van der Waals surface area contributed by atoms with E-state index in [9.17, 15) is 13.2 Å². The van der Waals surface area contributed by atoms with E-state index >= 15 is 0 Å². The number of piperazine rings is 1. The van der Waals surface area contributed by atoms with E-state index in [1.54, 1.807) is 12.1 Å². The minimum atomic E-state index is -3.63. The van der Waals surface area contributed by atoms with Crippen molar-refractivity contribution in [1.29, 1.82) is 0 Å². The normalized spacial score (nSPS) is 18.2.